The first-order chi connectivity index (χ1) is 8.68. The molecule has 0 bridgehead atoms. The minimum absolute atomic E-state index is 0.00110. The van der Waals surface area contributed by atoms with Crippen molar-refractivity contribution < 1.29 is 4.74 Å². The second kappa shape index (κ2) is 4.14. The Hall–Kier alpha value is -1.81. The molecule has 0 aliphatic carbocycles. The third kappa shape index (κ3) is 1.88. The fraction of sp³-hybridized carbons (Fsp3) is 0.357. The maximum atomic E-state index is 5.99. The van der Waals surface area contributed by atoms with E-state index in [1.54, 1.807) is 6.20 Å². The average molecular weight is 243 g/mol. The summed E-state index contributed by atoms with van der Waals surface area (Å²) >= 11 is 0. The molecule has 0 amide bonds. The number of anilines is 2. The van der Waals surface area contributed by atoms with Crippen molar-refractivity contribution in [2.75, 3.05) is 24.3 Å². The van der Waals surface area contributed by atoms with Gasteiger partial charge in [-0.25, -0.2) is 0 Å². The zero-order valence-electron chi connectivity index (χ0n) is 10.4. The quantitative estimate of drug-likeness (QED) is 0.795. The highest BCUT2D eigenvalue weighted by atomic mass is 16.5. The second-order valence-electron chi connectivity index (χ2n) is 5.11. The number of benzene rings is 1. The normalized spacial score (nSPS) is 23.4. The molecular formula is C14H17N3O. The van der Waals surface area contributed by atoms with Crippen molar-refractivity contribution in [3.8, 4) is 0 Å². The predicted octanol–water partition coefficient (Wildman–Crippen LogP) is 2.41. The summed E-state index contributed by atoms with van der Waals surface area (Å²) in [7, 11) is 0. The molecule has 1 aromatic carbocycles. The number of hydrogen-bond acceptors (Lipinski definition) is 4. The van der Waals surface area contributed by atoms with Crippen LogP contribution in [0.4, 0.5) is 11.4 Å². The average Bonchev–Trinajstić information content (AvgIpc) is 2.80. The van der Waals surface area contributed by atoms with Crippen LogP contribution in [0.15, 0.2) is 30.6 Å². The van der Waals surface area contributed by atoms with E-state index < -0.39 is 0 Å². The van der Waals surface area contributed by atoms with E-state index in [2.05, 4.69) is 17.2 Å². The zero-order valence-corrected chi connectivity index (χ0v) is 10.4. The number of rotatable bonds is 2. The highest BCUT2D eigenvalue weighted by Crippen LogP contribution is 2.31. The maximum Gasteiger partial charge on any atom is 0.0694 e. The molecule has 4 nitrogen and oxygen atoms in total. The molecule has 1 aliphatic heterocycles. The Morgan fingerprint density at radius 3 is 3.00 bits per heavy atom. The molecular weight excluding hydrogens is 226 g/mol. The first kappa shape index (κ1) is 11.3. The van der Waals surface area contributed by atoms with Gasteiger partial charge in [-0.15, -0.1) is 0 Å². The number of nitrogen functional groups attached to an aromatic ring is 1. The summed E-state index contributed by atoms with van der Waals surface area (Å²) in [5, 5.41) is 5.67. The van der Waals surface area contributed by atoms with Gasteiger partial charge in [0.1, 0.15) is 0 Å². The molecule has 1 aromatic heterocycles. The molecule has 0 spiro atoms. The largest absolute Gasteiger partial charge is 0.398 e. The van der Waals surface area contributed by atoms with Crippen molar-refractivity contribution >= 4 is 22.1 Å². The Morgan fingerprint density at radius 2 is 2.22 bits per heavy atom. The third-order valence-corrected chi connectivity index (χ3v) is 3.51. The van der Waals surface area contributed by atoms with Crippen LogP contribution in [0, 0.1) is 0 Å². The SMILES string of the molecule is CC1(Nc2ccc(N)c3ccncc23)CCOC1. The summed E-state index contributed by atoms with van der Waals surface area (Å²) in [5.41, 5.74) is 7.84. The first-order valence-corrected chi connectivity index (χ1v) is 6.16. The summed E-state index contributed by atoms with van der Waals surface area (Å²) in [4.78, 5) is 4.19. The van der Waals surface area contributed by atoms with Crippen LogP contribution in [0.25, 0.3) is 10.8 Å². The number of nitrogens with two attached hydrogens (primary N) is 1. The lowest BCUT2D eigenvalue weighted by molar-refractivity contribution is 0.185. The van der Waals surface area contributed by atoms with Gasteiger partial charge >= 0.3 is 0 Å². The molecule has 18 heavy (non-hydrogen) atoms. The van der Waals surface area contributed by atoms with E-state index in [9.17, 15) is 0 Å². The van der Waals surface area contributed by atoms with Crippen LogP contribution in [0.1, 0.15) is 13.3 Å². The summed E-state index contributed by atoms with van der Waals surface area (Å²) in [5.74, 6) is 0. The summed E-state index contributed by atoms with van der Waals surface area (Å²) in [6, 6.07) is 5.90. The Labute approximate surface area is 106 Å². The zero-order chi connectivity index (χ0) is 12.6. The van der Waals surface area contributed by atoms with Gasteiger partial charge in [-0.2, -0.15) is 0 Å². The van der Waals surface area contributed by atoms with E-state index in [4.69, 9.17) is 10.5 Å². The van der Waals surface area contributed by atoms with Crippen LogP contribution >= 0.6 is 0 Å². The van der Waals surface area contributed by atoms with E-state index in [0.717, 1.165) is 41.8 Å². The number of aromatic nitrogens is 1. The van der Waals surface area contributed by atoms with E-state index in [1.165, 1.54) is 0 Å². The molecule has 1 unspecified atom stereocenters. The molecule has 3 rings (SSSR count). The lowest BCUT2D eigenvalue weighted by Crippen LogP contribution is -2.35. The minimum atomic E-state index is -0.00110. The first-order valence-electron chi connectivity index (χ1n) is 6.16. The highest BCUT2D eigenvalue weighted by molar-refractivity contribution is 6.00. The van der Waals surface area contributed by atoms with Crippen molar-refractivity contribution in [1.29, 1.82) is 0 Å². The fourth-order valence-corrected chi connectivity index (χ4v) is 2.41. The van der Waals surface area contributed by atoms with Crippen LogP contribution in [0.2, 0.25) is 0 Å². The highest BCUT2D eigenvalue weighted by Gasteiger charge is 2.29. The van der Waals surface area contributed by atoms with Crippen LogP contribution in [-0.4, -0.2) is 23.7 Å². The van der Waals surface area contributed by atoms with Gasteiger partial charge in [0.15, 0.2) is 0 Å². The Kier molecular flexibility index (Phi) is 2.59. The van der Waals surface area contributed by atoms with Crippen molar-refractivity contribution in [2.24, 2.45) is 0 Å². The molecule has 0 saturated carbocycles. The topological polar surface area (TPSA) is 60.2 Å². The van der Waals surface area contributed by atoms with Gasteiger partial charge in [0.2, 0.25) is 0 Å². The van der Waals surface area contributed by atoms with Gasteiger partial charge in [-0.1, -0.05) is 0 Å². The standard InChI is InChI=1S/C14H17N3O/c1-14(5-7-18-9-14)17-13-3-2-12(15)10-4-6-16-8-11(10)13/h2-4,6,8,17H,5,7,9,15H2,1H3. The van der Waals surface area contributed by atoms with E-state index in [-0.39, 0.29) is 5.54 Å². The Morgan fingerprint density at radius 1 is 1.33 bits per heavy atom. The van der Waals surface area contributed by atoms with Gasteiger partial charge in [0.25, 0.3) is 0 Å². The van der Waals surface area contributed by atoms with Crippen molar-refractivity contribution in [3.05, 3.63) is 30.6 Å². The molecule has 1 fully saturated rings. The number of ether oxygens (including phenoxy) is 1. The number of nitrogens with zero attached hydrogens (tertiary/aromatic N) is 1. The molecule has 2 aromatic rings. The minimum Gasteiger partial charge on any atom is -0.398 e. The number of fused-ring (bicyclic) bond motifs is 1. The van der Waals surface area contributed by atoms with Gasteiger partial charge in [-0.3, -0.25) is 4.98 Å². The number of nitrogens with one attached hydrogen (secondary N) is 1. The van der Waals surface area contributed by atoms with E-state index >= 15 is 0 Å². The Bertz CT molecular complexity index is 576. The Balaban J connectivity index is 2.04. The summed E-state index contributed by atoms with van der Waals surface area (Å²) in [6.45, 7) is 3.73. The molecule has 3 N–H and O–H groups in total. The predicted molar refractivity (Wildman–Crippen MR) is 73.6 cm³/mol. The lowest BCUT2D eigenvalue weighted by Gasteiger charge is -2.26. The maximum absolute atomic E-state index is 5.99. The molecule has 94 valence electrons. The van der Waals surface area contributed by atoms with Crippen molar-refractivity contribution in [3.63, 3.8) is 0 Å². The monoisotopic (exact) mass is 243 g/mol. The molecule has 2 heterocycles. The summed E-state index contributed by atoms with van der Waals surface area (Å²) < 4.78 is 5.47. The second-order valence-corrected chi connectivity index (χ2v) is 5.11. The molecule has 1 saturated heterocycles. The van der Waals surface area contributed by atoms with Gasteiger partial charge in [0.05, 0.1) is 12.1 Å². The van der Waals surface area contributed by atoms with Gasteiger partial charge in [-0.05, 0) is 31.5 Å². The van der Waals surface area contributed by atoms with Gasteiger partial charge in [0, 0.05) is 41.1 Å². The van der Waals surface area contributed by atoms with Crippen LogP contribution in [0.3, 0.4) is 0 Å². The smallest absolute Gasteiger partial charge is 0.0694 e. The fourth-order valence-electron chi connectivity index (χ4n) is 2.41. The number of hydrogen-bond donors (Lipinski definition) is 2. The van der Waals surface area contributed by atoms with Crippen LogP contribution in [-0.2, 0) is 4.74 Å². The van der Waals surface area contributed by atoms with Crippen molar-refractivity contribution in [2.45, 2.75) is 18.9 Å². The van der Waals surface area contributed by atoms with Crippen molar-refractivity contribution in [1.82, 2.24) is 4.98 Å². The van der Waals surface area contributed by atoms with Gasteiger partial charge < -0.3 is 15.8 Å². The third-order valence-electron chi connectivity index (χ3n) is 3.51. The lowest BCUT2D eigenvalue weighted by atomic mass is 10.00. The van der Waals surface area contributed by atoms with Crippen LogP contribution in [0.5, 0.6) is 0 Å². The number of pyridine rings is 1. The van der Waals surface area contributed by atoms with Crippen LogP contribution < -0.4 is 11.1 Å². The molecule has 0 radical (unpaired) electrons. The van der Waals surface area contributed by atoms with E-state index in [0.29, 0.717) is 0 Å². The summed E-state index contributed by atoms with van der Waals surface area (Å²) in [6.07, 6.45) is 4.63. The molecule has 4 heteroatoms. The van der Waals surface area contributed by atoms with E-state index in [1.807, 2.05) is 24.4 Å². The molecule has 1 atom stereocenters. The molecule has 1 aliphatic rings.